The molecule has 1 heterocycles. The number of aromatic nitrogens is 2. The normalized spacial score (nSPS) is 9.73. The highest BCUT2D eigenvalue weighted by atomic mass is 35.5. The fourth-order valence-electron chi connectivity index (χ4n) is 0.684. The number of halogens is 1. The van der Waals surface area contributed by atoms with Gasteiger partial charge < -0.3 is 5.32 Å². The molecule has 0 spiro atoms. The average Bonchev–Trinajstić information content (AvgIpc) is 2.32. The van der Waals surface area contributed by atoms with Crippen LogP contribution in [0.3, 0.4) is 0 Å². The summed E-state index contributed by atoms with van der Waals surface area (Å²) in [6.45, 7) is 1.75. The standard InChI is InChI=1S/C6H8ClN3O/c1-3-4(7)5(10-9-3)6(11)8-2/h1-2H3,(H,8,11)(H,9,10). The molecule has 0 aliphatic carbocycles. The average molecular weight is 174 g/mol. The highest BCUT2D eigenvalue weighted by Gasteiger charge is 2.13. The van der Waals surface area contributed by atoms with E-state index in [9.17, 15) is 4.79 Å². The topological polar surface area (TPSA) is 57.8 Å². The first kappa shape index (κ1) is 8.07. The van der Waals surface area contributed by atoms with Gasteiger partial charge in [-0.1, -0.05) is 11.6 Å². The van der Waals surface area contributed by atoms with Crippen LogP contribution in [0.25, 0.3) is 0 Å². The quantitative estimate of drug-likeness (QED) is 0.658. The second kappa shape index (κ2) is 2.92. The number of carbonyl (C=O) groups excluding carboxylic acids is 1. The number of carbonyl (C=O) groups is 1. The van der Waals surface area contributed by atoms with Crippen molar-refractivity contribution < 1.29 is 4.79 Å². The number of nitrogens with zero attached hydrogens (tertiary/aromatic N) is 1. The van der Waals surface area contributed by atoms with Crippen LogP contribution in [0.15, 0.2) is 0 Å². The lowest BCUT2D eigenvalue weighted by Crippen LogP contribution is -2.18. The zero-order chi connectivity index (χ0) is 8.43. The van der Waals surface area contributed by atoms with E-state index in [4.69, 9.17) is 11.6 Å². The zero-order valence-corrected chi connectivity index (χ0v) is 6.99. The predicted octanol–water partition coefficient (Wildman–Crippen LogP) is 0.731. The first-order valence-electron chi connectivity index (χ1n) is 3.09. The molecule has 4 nitrogen and oxygen atoms in total. The molecular weight excluding hydrogens is 166 g/mol. The van der Waals surface area contributed by atoms with E-state index in [0.717, 1.165) is 0 Å². The Morgan fingerprint density at radius 2 is 2.36 bits per heavy atom. The number of nitrogens with one attached hydrogen (secondary N) is 2. The van der Waals surface area contributed by atoms with Crippen LogP contribution in [0.1, 0.15) is 16.2 Å². The van der Waals surface area contributed by atoms with Crippen molar-refractivity contribution in [3.63, 3.8) is 0 Å². The lowest BCUT2D eigenvalue weighted by Gasteiger charge is -1.92. The van der Waals surface area contributed by atoms with Gasteiger partial charge in [-0.3, -0.25) is 9.89 Å². The summed E-state index contributed by atoms with van der Waals surface area (Å²) in [5.41, 5.74) is 0.942. The summed E-state index contributed by atoms with van der Waals surface area (Å²) in [5.74, 6) is -0.278. The summed E-state index contributed by atoms with van der Waals surface area (Å²) in [5, 5.41) is 9.14. The van der Waals surface area contributed by atoms with Gasteiger partial charge in [-0.2, -0.15) is 5.10 Å². The number of aryl methyl sites for hydroxylation is 1. The van der Waals surface area contributed by atoms with E-state index in [1.807, 2.05) is 0 Å². The highest BCUT2D eigenvalue weighted by Crippen LogP contribution is 2.16. The maximum absolute atomic E-state index is 11.0. The first-order chi connectivity index (χ1) is 5.16. The van der Waals surface area contributed by atoms with Crippen LogP contribution in [-0.2, 0) is 0 Å². The van der Waals surface area contributed by atoms with Gasteiger partial charge in [0.05, 0.1) is 10.7 Å². The summed E-state index contributed by atoms with van der Waals surface area (Å²) in [6, 6.07) is 0. The van der Waals surface area contributed by atoms with E-state index in [1.165, 1.54) is 7.05 Å². The molecule has 5 heteroatoms. The van der Waals surface area contributed by atoms with Crippen molar-refractivity contribution in [3.05, 3.63) is 16.4 Å². The minimum atomic E-state index is -0.278. The molecule has 0 aliphatic rings. The van der Waals surface area contributed by atoms with Gasteiger partial charge in [0.15, 0.2) is 5.69 Å². The van der Waals surface area contributed by atoms with E-state index in [1.54, 1.807) is 6.92 Å². The molecule has 2 N–H and O–H groups in total. The van der Waals surface area contributed by atoms with Crippen LogP contribution in [0.4, 0.5) is 0 Å². The Labute approximate surface area is 68.9 Å². The Morgan fingerprint density at radius 3 is 2.73 bits per heavy atom. The molecule has 1 aromatic heterocycles. The van der Waals surface area contributed by atoms with Gasteiger partial charge in [-0.15, -0.1) is 0 Å². The third kappa shape index (κ3) is 1.35. The molecule has 0 saturated carbocycles. The summed E-state index contributed by atoms with van der Waals surface area (Å²) in [4.78, 5) is 11.0. The monoisotopic (exact) mass is 173 g/mol. The van der Waals surface area contributed by atoms with Gasteiger partial charge >= 0.3 is 0 Å². The van der Waals surface area contributed by atoms with E-state index >= 15 is 0 Å². The maximum atomic E-state index is 11.0. The van der Waals surface area contributed by atoms with Gasteiger partial charge in [-0.25, -0.2) is 0 Å². The van der Waals surface area contributed by atoms with Crippen LogP contribution in [0, 0.1) is 6.92 Å². The lowest BCUT2D eigenvalue weighted by molar-refractivity contribution is 0.0958. The molecule has 11 heavy (non-hydrogen) atoms. The maximum Gasteiger partial charge on any atom is 0.273 e. The Morgan fingerprint density at radius 1 is 1.73 bits per heavy atom. The molecule has 0 radical (unpaired) electrons. The number of hydrogen-bond acceptors (Lipinski definition) is 2. The highest BCUT2D eigenvalue weighted by molar-refractivity contribution is 6.34. The van der Waals surface area contributed by atoms with Crippen molar-refractivity contribution in [2.45, 2.75) is 6.92 Å². The van der Waals surface area contributed by atoms with Gasteiger partial charge in [0.2, 0.25) is 0 Å². The summed E-state index contributed by atoms with van der Waals surface area (Å²) >= 11 is 5.73. The van der Waals surface area contributed by atoms with Gasteiger partial charge in [0.1, 0.15) is 0 Å². The third-order valence-electron chi connectivity index (χ3n) is 1.31. The van der Waals surface area contributed by atoms with Crippen LogP contribution < -0.4 is 5.32 Å². The van der Waals surface area contributed by atoms with Crippen molar-refractivity contribution in [1.82, 2.24) is 15.5 Å². The number of hydrogen-bond donors (Lipinski definition) is 2. The van der Waals surface area contributed by atoms with E-state index < -0.39 is 0 Å². The Bertz CT molecular complexity index is 281. The minimum absolute atomic E-state index is 0.242. The Kier molecular flexibility index (Phi) is 2.14. The SMILES string of the molecule is CNC(=O)c1n[nH]c(C)c1Cl. The first-order valence-corrected chi connectivity index (χ1v) is 3.47. The van der Waals surface area contributed by atoms with Gasteiger partial charge in [0.25, 0.3) is 5.91 Å². The second-order valence-corrected chi connectivity index (χ2v) is 2.47. The number of H-pyrrole nitrogens is 1. The van der Waals surface area contributed by atoms with E-state index in [-0.39, 0.29) is 11.6 Å². The molecule has 1 rings (SSSR count). The molecule has 0 unspecified atom stereocenters. The number of aromatic amines is 1. The smallest absolute Gasteiger partial charge is 0.273 e. The molecule has 1 amide bonds. The van der Waals surface area contributed by atoms with E-state index in [0.29, 0.717) is 10.7 Å². The molecule has 0 atom stereocenters. The van der Waals surface area contributed by atoms with E-state index in [2.05, 4.69) is 15.5 Å². The van der Waals surface area contributed by atoms with Gasteiger partial charge in [-0.05, 0) is 6.92 Å². The Hall–Kier alpha value is -1.03. The van der Waals surface area contributed by atoms with Crippen LogP contribution in [0.2, 0.25) is 5.02 Å². The van der Waals surface area contributed by atoms with Crippen molar-refractivity contribution in [3.8, 4) is 0 Å². The molecule has 60 valence electrons. The Balaban J connectivity index is 3.04. The predicted molar refractivity (Wildman–Crippen MR) is 41.7 cm³/mol. The molecule has 0 bridgehead atoms. The molecular formula is C6H8ClN3O. The molecule has 0 fully saturated rings. The third-order valence-corrected chi connectivity index (χ3v) is 1.78. The minimum Gasteiger partial charge on any atom is -0.354 e. The number of rotatable bonds is 1. The van der Waals surface area contributed by atoms with Crippen LogP contribution >= 0.6 is 11.6 Å². The molecule has 0 saturated heterocycles. The molecule has 1 aromatic rings. The van der Waals surface area contributed by atoms with Crippen molar-refractivity contribution >= 4 is 17.5 Å². The van der Waals surface area contributed by atoms with Crippen molar-refractivity contribution in [2.24, 2.45) is 0 Å². The fraction of sp³-hybridized carbons (Fsp3) is 0.333. The second-order valence-electron chi connectivity index (χ2n) is 2.09. The zero-order valence-electron chi connectivity index (χ0n) is 6.23. The van der Waals surface area contributed by atoms with Gasteiger partial charge in [0, 0.05) is 7.05 Å². The fourth-order valence-corrected chi connectivity index (χ4v) is 0.855. The summed E-state index contributed by atoms with van der Waals surface area (Å²) in [6.07, 6.45) is 0. The summed E-state index contributed by atoms with van der Waals surface area (Å²) < 4.78 is 0. The van der Waals surface area contributed by atoms with Crippen molar-refractivity contribution in [1.29, 1.82) is 0 Å². The number of amides is 1. The van der Waals surface area contributed by atoms with Crippen LogP contribution in [-0.4, -0.2) is 23.2 Å². The lowest BCUT2D eigenvalue weighted by atomic mass is 10.3. The molecule has 0 aliphatic heterocycles. The summed E-state index contributed by atoms with van der Waals surface area (Å²) in [7, 11) is 1.53. The largest absolute Gasteiger partial charge is 0.354 e. The molecule has 0 aromatic carbocycles. The van der Waals surface area contributed by atoms with Crippen LogP contribution in [0.5, 0.6) is 0 Å². The van der Waals surface area contributed by atoms with Crippen molar-refractivity contribution in [2.75, 3.05) is 7.05 Å².